The summed E-state index contributed by atoms with van der Waals surface area (Å²) in [5.74, 6) is 1.11. The molecule has 5 nitrogen and oxygen atoms in total. The fourth-order valence-electron chi connectivity index (χ4n) is 2.02. The molecule has 0 spiro atoms. The number of nitrogens with zero attached hydrogens (tertiary/aromatic N) is 2. The van der Waals surface area contributed by atoms with Gasteiger partial charge in [-0.2, -0.15) is 5.10 Å². The molecule has 0 aliphatic heterocycles. The maximum Gasteiger partial charge on any atom is 0.163 e. The van der Waals surface area contributed by atoms with E-state index in [1.54, 1.807) is 30.0 Å². The predicted octanol–water partition coefficient (Wildman–Crippen LogP) is 3.28. The zero-order valence-electron chi connectivity index (χ0n) is 12.4. The van der Waals surface area contributed by atoms with E-state index in [9.17, 15) is 4.79 Å². The molecule has 0 amide bonds. The second-order valence-corrected chi connectivity index (χ2v) is 5.47. The van der Waals surface area contributed by atoms with Gasteiger partial charge in [0.25, 0.3) is 0 Å². The van der Waals surface area contributed by atoms with Crippen molar-refractivity contribution in [3.63, 3.8) is 0 Å². The fourth-order valence-corrected chi connectivity index (χ4v) is 2.47. The van der Waals surface area contributed by atoms with Crippen LogP contribution < -0.4 is 9.47 Å². The number of methoxy groups -OCH3 is 1. The number of hydrogen-bond donors (Lipinski definition) is 0. The summed E-state index contributed by atoms with van der Waals surface area (Å²) in [7, 11) is 3.43. The van der Waals surface area contributed by atoms with Crippen LogP contribution in [0.1, 0.15) is 28.7 Å². The number of aromatic nitrogens is 2. The Morgan fingerprint density at radius 1 is 1.43 bits per heavy atom. The first-order valence-corrected chi connectivity index (χ1v) is 7.23. The number of hydrogen-bond acceptors (Lipinski definition) is 4. The van der Waals surface area contributed by atoms with Crippen molar-refractivity contribution in [2.45, 2.75) is 20.5 Å². The summed E-state index contributed by atoms with van der Waals surface area (Å²) < 4.78 is 13.7. The molecule has 0 bridgehead atoms. The van der Waals surface area contributed by atoms with Gasteiger partial charge in [0.1, 0.15) is 18.1 Å². The maximum absolute atomic E-state index is 11.7. The van der Waals surface area contributed by atoms with Crippen LogP contribution in [0.25, 0.3) is 0 Å². The lowest BCUT2D eigenvalue weighted by Gasteiger charge is -2.12. The first-order chi connectivity index (χ1) is 9.93. The molecule has 2 rings (SSSR count). The Kier molecular flexibility index (Phi) is 4.67. The van der Waals surface area contributed by atoms with Gasteiger partial charge in [-0.1, -0.05) is 0 Å². The summed E-state index contributed by atoms with van der Waals surface area (Å²) in [5.41, 5.74) is 2.34. The Bertz CT molecular complexity index is 680. The number of aryl methyl sites for hydroxylation is 2. The largest absolute Gasteiger partial charge is 0.497 e. The smallest absolute Gasteiger partial charge is 0.163 e. The monoisotopic (exact) mass is 352 g/mol. The Morgan fingerprint density at radius 2 is 2.14 bits per heavy atom. The van der Waals surface area contributed by atoms with E-state index in [0.29, 0.717) is 23.7 Å². The van der Waals surface area contributed by atoms with Crippen LogP contribution >= 0.6 is 15.9 Å². The number of benzene rings is 1. The van der Waals surface area contributed by atoms with E-state index in [1.807, 2.05) is 14.0 Å². The molecule has 1 heterocycles. The lowest BCUT2D eigenvalue weighted by atomic mass is 10.1. The molecule has 112 valence electrons. The molecule has 0 aliphatic carbocycles. The molecule has 0 N–H and O–H groups in total. The van der Waals surface area contributed by atoms with Crippen molar-refractivity contribution in [1.82, 2.24) is 9.78 Å². The third kappa shape index (κ3) is 3.26. The van der Waals surface area contributed by atoms with Crippen LogP contribution in [-0.2, 0) is 13.7 Å². The summed E-state index contributed by atoms with van der Waals surface area (Å²) >= 11 is 3.50. The summed E-state index contributed by atoms with van der Waals surface area (Å²) in [4.78, 5) is 11.7. The third-order valence-corrected chi connectivity index (χ3v) is 4.23. The number of carbonyl (C=O) groups excluding carboxylic acids is 1. The van der Waals surface area contributed by atoms with E-state index < -0.39 is 0 Å². The highest BCUT2D eigenvalue weighted by atomic mass is 79.9. The molecule has 1 aromatic carbocycles. The highest BCUT2D eigenvalue weighted by Gasteiger charge is 2.14. The van der Waals surface area contributed by atoms with Crippen LogP contribution in [0, 0.1) is 6.92 Å². The van der Waals surface area contributed by atoms with Crippen LogP contribution in [0.3, 0.4) is 0 Å². The minimum Gasteiger partial charge on any atom is -0.497 e. The van der Waals surface area contributed by atoms with Gasteiger partial charge in [-0.3, -0.25) is 9.48 Å². The van der Waals surface area contributed by atoms with E-state index in [-0.39, 0.29) is 5.78 Å². The van der Waals surface area contributed by atoms with Crippen molar-refractivity contribution in [1.29, 1.82) is 0 Å². The molecule has 1 aromatic heterocycles. The lowest BCUT2D eigenvalue weighted by molar-refractivity contribution is 0.101. The van der Waals surface area contributed by atoms with Gasteiger partial charge in [-0.15, -0.1) is 0 Å². The molecule has 0 unspecified atom stereocenters. The van der Waals surface area contributed by atoms with Gasteiger partial charge in [-0.05, 0) is 41.9 Å². The normalized spacial score (nSPS) is 10.5. The topological polar surface area (TPSA) is 53.4 Å². The van der Waals surface area contributed by atoms with Crippen molar-refractivity contribution in [3.05, 3.63) is 39.6 Å². The van der Waals surface area contributed by atoms with Gasteiger partial charge in [0.15, 0.2) is 5.78 Å². The molecular weight excluding hydrogens is 336 g/mol. The van der Waals surface area contributed by atoms with E-state index in [2.05, 4.69) is 21.0 Å². The number of carbonyl (C=O) groups is 1. The van der Waals surface area contributed by atoms with Gasteiger partial charge in [0.05, 0.1) is 28.5 Å². The highest BCUT2D eigenvalue weighted by Crippen LogP contribution is 2.27. The Morgan fingerprint density at radius 3 is 2.67 bits per heavy atom. The zero-order valence-corrected chi connectivity index (χ0v) is 14.0. The van der Waals surface area contributed by atoms with Crippen LogP contribution in [0.5, 0.6) is 11.5 Å². The summed E-state index contributed by atoms with van der Waals surface area (Å²) in [6, 6.07) is 5.17. The van der Waals surface area contributed by atoms with Crippen molar-refractivity contribution < 1.29 is 14.3 Å². The summed E-state index contributed by atoms with van der Waals surface area (Å²) in [5, 5.41) is 4.31. The van der Waals surface area contributed by atoms with Crippen molar-refractivity contribution in [2.75, 3.05) is 7.11 Å². The SMILES string of the molecule is COc1ccc(C(C)=O)c(OCc2c(Br)c(C)nn2C)c1. The predicted molar refractivity (Wildman–Crippen MR) is 83.0 cm³/mol. The fraction of sp³-hybridized carbons (Fsp3) is 0.333. The molecule has 0 saturated heterocycles. The average Bonchev–Trinajstić information content (AvgIpc) is 2.69. The van der Waals surface area contributed by atoms with Crippen LogP contribution in [0.15, 0.2) is 22.7 Å². The number of Topliss-reactive ketones (excluding diaryl/α,β-unsaturated/α-hetero) is 1. The van der Waals surface area contributed by atoms with E-state index in [0.717, 1.165) is 15.9 Å². The molecular formula is C15H17BrN2O3. The van der Waals surface area contributed by atoms with Gasteiger partial charge in [0, 0.05) is 13.1 Å². The highest BCUT2D eigenvalue weighted by molar-refractivity contribution is 9.10. The minimum atomic E-state index is -0.0482. The number of rotatable bonds is 5. The van der Waals surface area contributed by atoms with Gasteiger partial charge in [-0.25, -0.2) is 0 Å². The molecule has 0 radical (unpaired) electrons. The quantitative estimate of drug-likeness (QED) is 0.774. The van der Waals surface area contributed by atoms with Gasteiger partial charge >= 0.3 is 0 Å². The van der Waals surface area contributed by atoms with Crippen LogP contribution in [0.2, 0.25) is 0 Å². The zero-order chi connectivity index (χ0) is 15.6. The van der Waals surface area contributed by atoms with Crippen molar-refractivity contribution in [2.24, 2.45) is 7.05 Å². The number of ether oxygens (including phenoxy) is 2. The Hall–Kier alpha value is -1.82. The average molecular weight is 353 g/mol. The third-order valence-electron chi connectivity index (χ3n) is 3.19. The van der Waals surface area contributed by atoms with E-state index in [4.69, 9.17) is 9.47 Å². The second kappa shape index (κ2) is 6.30. The molecule has 0 aliphatic rings. The lowest BCUT2D eigenvalue weighted by Crippen LogP contribution is -2.06. The van der Waals surface area contributed by atoms with Crippen molar-refractivity contribution in [3.8, 4) is 11.5 Å². The van der Waals surface area contributed by atoms with Gasteiger partial charge in [0.2, 0.25) is 0 Å². The number of halogens is 1. The van der Waals surface area contributed by atoms with Crippen molar-refractivity contribution >= 4 is 21.7 Å². The summed E-state index contributed by atoms with van der Waals surface area (Å²) in [6.45, 7) is 3.74. The van der Waals surface area contributed by atoms with Gasteiger partial charge < -0.3 is 9.47 Å². The van der Waals surface area contributed by atoms with Crippen LogP contribution in [-0.4, -0.2) is 22.7 Å². The Labute approximate surface area is 132 Å². The summed E-state index contributed by atoms with van der Waals surface area (Å²) in [6.07, 6.45) is 0. The first-order valence-electron chi connectivity index (χ1n) is 6.43. The molecule has 0 fully saturated rings. The minimum absolute atomic E-state index is 0.0482. The molecule has 0 atom stereocenters. The second-order valence-electron chi connectivity index (χ2n) is 4.68. The maximum atomic E-state index is 11.7. The molecule has 2 aromatic rings. The molecule has 6 heteroatoms. The molecule has 0 saturated carbocycles. The standard InChI is InChI=1S/C15H17BrN2O3/c1-9-15(16)13(18(3)17-9)8-21-14-7-11(20-4)5-6-12(14)10(2)19/h5-7H,8H2,1-4H3. The first kappa shape index (κ1) is 15.6. The molecule has 21 heavy (non-hydrogen) atoms. The van der Waals surface area contributed by atoms with E-state index >= 15 is 0 Å². The van der Waals surface area contributed by atoms with Crippen LogP contribution in [0.4, 0.5) is 0 Å². The Balaban J connectivity index is 2.28. The number of ketones is 1. The van der Waals surface area contributed by atoms with E-state index in [1.165, 1.54) is 6.92 Å².